The summed E-state index contributed by atoms with van der Waals surface area (Å²) in [6, 6.07) is 2.02. The third kappa shape index (κ3) is 3.96. The minimum Gasteiger partial charge on any atom is -0.234 e. The lowest BCUT2D eigenvalue weighted by Crippen LogP contribution is -2.19. The molecule has 0 aliphatic heterocycles. The number of hydrogen-bond acceptors (Lipinski definition) is 1. The second-order valence-electron chi connectivity index (χ2n) is 4.39. The molecule has 0 saturated heterocycles. The summed E-state index contributed by atoms with van der Waals surface area (Å²) < 4.78 is 41.4. The van der Waals surface area contributed by atoms with Gasteiger partial charge in [-0.25, -0.2) is 13.0 Å². The van der Waals surface area contributed by atoms with Crippen molar-refractivity contribution in [2.24, 2.45) is 4.40 Å². The van der Waals surface area contributed by atoms with E-state index in [2.05, 4.69) is 20.3 Å². The molecule has 94 valence electrons. The third-order valence-electron chi connectivity index (χ3n) is 1.83. The van der Waals surface area contributed by atoms with Crippen molar-refractivity contribution in [2.75, 3.05) is 0 Å². The molecule has 0 aliphatic carbocycles. The van der Waals surface area contributed by atoms with Crippen LogP contribution in [-0.4, -0.2) is 15.2 Å². The van der Waals surface area contributed by atoms with Crippen molar-refractivity contribution >= 4 is 33.1 Å². The van der Waals surface area contributed by atoms with E-state index in [9.17, 15) is 13.0 Å². The van der Waals surface area contributed by atoms with Crippen LogP contribution in [0.3, 0.4) is 0 Å². The fourth-order valence-corrected chi connectivity index (χ4v) is 1.91. The van der Waals surface area contributed by atoms with Crippen LogP contribution in [0.4, 0.5) is 8.78 Å². The van der Waals surface area contributed by atoms with Crippen molar-refractivity contribution in [1.29, 1.82) is 0 Å². The van der Waals surface area contributed by atoms with Crippen LogP contribution in [0, 0.1) is 11.6 Å². The van der Waals surface area contributed by atoms with Crippen LogP contribution in [-0.2, 0) is 11.0 Å². The monoisotopic (exact) mass is 323 g/mol. The molecule has 0 spiro atoms. The minimum absolute atomic E-state index is 0.0143. The first kappa shape index (κ1) is 14.4. The van der Waals surface area contributed by atoms with Gasteiger partial charge >= 0.3 is 0 Å². The lowest BCUT2D eigenvalue weighted by molar-refractivity contribution is 0.593. The van der Waals surface area contributed by atoms with E-state index in [1.54, 1.807) is 20.8 Å². The highest BCUT2D eigenvalue weighted by molar-refractivity contribution is 9.10. The molecule has 17 heavy (non-hydrogen) atoms. The summed E-state index contributed by atoms with van der Waals surface area (Å²) in [5, 5.41) is 0. The largest absolute Gasteiger partial charge is 0.234 e. The van der Waals surface area contributed by atoms with Crippen molar-refractivity contribution < 1.29 is 13.0 Å². The molecule has 0 heterocycles. The molecule has 0 aromatic heterocycles. The van der Waals surface area contributed by atoms with Gasteiger partial charge in [0.1, 0.15) is 22.6 Å². The van der Waals surface area contributed by atoms with E-state index in [0.717, 1.165) is 18.3 Å². The topological polar surface area (TPSA) is 29.4 Å². The first-order valence-electron chi connectivity index (χ1n) is 4.82. The zero-order chi connectivity index (χ0) is 13.2. The van der Waals surface area contributed by atoms with E-state index in [-0.39, 0.29) is 10.0 Å². The summed E-state index contributed by atoms with van der Waals surface area (Å²) in [5.74, 6) is -1.21. The van der Waals surface area contributed by atoms with Crippen LogP contribution in [0.1, 0.15) is 26.3 Å². The Bertz CT molecular complexity index is 483. The average Bonchev–Trinajstić information content (AvgIpc) is 2.19. The van der Waals surface area contributed by atoms with Crippen LogP contribution >= 0.6 is 15.9 Å². The maximum absolute atomic E-state index is 13.5. The fourth-order valence-electron chi connectivity index (χ4n) is 0.933. The molecule has 0 aliphatic rings. The standard InChI is InChI=1S/C11H12BrF2NOS/c1-11(2,3)17(16)15-6-7-4-8(13)5-9(12)10(7)14/h4-6H,1-3H3. The summed E-state index contributed by atoms with van der Waals surface area (Å²) in [4.78, 5) is 0. The highest BCUT2D eigenvalue weighted by Gasteiger charge is 2.18. The molecule has 0 fully saturated rings. The van der Waals surface area contributed by atoms with Gasteiger partial charge in [-0.3, -0.25) is 0 Å². The van der Waals surface area contributed by atoms with Gasteiger partial charge in [-0.15, -0.1) is 0 Å². The van der Waals surface area contributed by atoms with Gasteiger partial charge in [0.25, 0.3) is 0 Å². The number of halogens is 3. The Kier molecular flexibility index (Phi) is 4.55. The molecule has 2 nitrogen and oxygen atoms in total. The second-order valence-corrected chi connectivity index (χ2v) is 7.18. The van der Waals surface area contributed by atoms with Gasteiger partial charge in [0, 0.05) is 11.8 Å². The summed E-state index contributed by atoms with van der Waals surface area (Å²) in [5.41, 5.74) is -0.0329. The van der Waals surface area contributed by atoms with Gasteiger partial charge in [-0.05, 0) is 48.8 Å². The molecule has 1 aromatic carbocycles. The summed E-state index contributed by atoms with van der Waals surface area (Å²) in [7, 11) is -1.49. The van der Waals surface area contributed by atoms with Crippen LogP contribution in [0.15, 0.2) is 21.0 Å². The zero-order valence-electron chi connectivity index (χ0n) is 9.63. The van der Waals surface area contributed by atoms with Crippen molar-refractivity contribution in [3.05, 3.63) is 33.8 Å². The molecule has 1 unspecified atom stereocenters. The number of benzene rings is 1. The van der Waals surface area contributed by atoms with Crippen LogP contribution in [0.5, 0.6) is 0 Å². The molecule has 1 atom stereocenters. The molecular weight excluding hydrogens is 312 g/mol. The Hall–Kier alpha value is -0.620. The Morgan fingerprint density at radius 2 is 1.94 bits per heavy atom. The van der Waals surface area contributed by atoms with Gasteiger partial charge in [-0.1, -0.05) is 0 Å². The Balaban J connectivity index is 3.04. The van der Waals surface area contributed by atoms with E-state index >= 15 is 0 Å². The van der Waals surface area contributed by atoms with E-state index in [1.807, 2.05) is 0 Å². The zero-order valence-corrected chi connectivity index (χ0v) is 12.0. The number of hydrogen-bond donors (Lipinski definition) is 0. The quantitative estimate of drug-likeness (QED) is 0.604. The summed E-state index contributed by atoms with van der Waals surface area (Å²) in [6.07, 6.45) is 1.09. The lowest BCUT2D eigenvalue weighted by Gasteiger charge is -2.12. The molecule has 0 radical (unpaired) electrons. The van der Waals surface area contributed by atoms with Gasteiger partial charge in [0.15, 0.2) is 0 Å². The van der Waals surface area contributed by atoms with Crippen LogP contribution in [0.2, 0.25) is 0 Å². The maximum atomic E-state index is 13.5. The van der Waals surface area contributed by atoms with Crippen molar-refractivity contribution in [2.45, 2.75) is 25.5 Å². The second kappa shape index (κ2) is 5.35. The molecule has 0 amide bonds. The average molecular weight is 324 g/mol. The van der Waals surface area contributed by atoms with Gasteiger partial charge in [0.2, 0.25) is 0 Å². The first-order valence-corrected chi connectivity index (χ1v) is 6.72. The van der Waals surface area contributed by atoms with Gasteiger partial charge < -0.3 is 0 Å². The minimum atomic E-state index is -1.49. The SMILES string of the molecule is CC(C)(C)S(=O)N=Cc1cc(F)cc(Br)c1F. The molecule has 6 heteroatoms. The maximum Gasteiger partial charge on any atom is 0.146 e. The highest BCUT2D eigenvalue weighted by Crippen LogP contribution is 2.20. The normalized spacial score (nSPS) is 14.2. The molecule has 0 N–H and O–H groups in total. The Morgan fingerprint density at radius 1 is 1.35 bits per heavy atom. The predicted molar refractivity (Wildman–Crippen MR) is 69.5 cm³/mol. The molecular formula is C11H12BrF2NOS. The number of rotatable bonds is 2. The first-order chi connectivity index (χ1) is 7.71. The van der Waals surface area contributed by atoms with E-state index in [1.165, 1.54) is 0 Å². The lowest BCUT2D eigenvalue weighted by atomic mass is 10.2. The van der Waals surface area contributed by atoms with Crippen molar-refractivity contribution in [3.8, 4) is 0 Å². The molecule has 0 bridgehead atoms. The fraction of sp³-hybridized carbons (Fsp3) is 0.364. The number of nitrogens with zero attached hydrogens (tertiary/aromatic N) is 1. The molecule has 0 saturated carbocycles. The molecule has 1 aromatic rings. The van der Waals surface area contributed by atoms with E-state index in [4.69, 9.17) is 0 Å². The van der Waals surface area contributed by atoms with Gasteiger partial charge in [0.05, 0.1) is 9.22 Å². The summed E-state index contributed by atoms with van der Waals surface area (Å²) in [6.45, 7) is 5.24. The Morgan fingerprint density at radius 3 is 2.47 bits per heavy atom. The third-order valence-corrected chi connectivity index (χ3v) is 3.75. The Labute approximate surface area is 110 Å². The van der Waals surface area contributed by atoms with Crippen molar-refractivity contribution in [3.63, 3.8) is 0 Å². The van der Waals surface area contributed by atoms with Crippen molar-refractivity contribution in [1.82, 2.24) is 0 Å². The van der Waals surface area contributed by atoms with Crippen LogP contribution < -0.4 is 0 Å². The predicted octanol–water partition coefficient (Wildman–Crippen LogP) is 3.61. The highest BCUT2D eigenvalue weighted by atomic mass is 79.9. The molecule has 1 rings (SSSR count). The smallest absolute Gasteiger partial charge is 0.146 e. The van der Waals surface area contributed by atoms with E-state index < -0.39 is 27.4 Å². The summed E-state index contributed by atoms with van der Waals surface area (Å²) >= 11 is 2.89. The van der Waals surface area contributed by atoms with E-state index in [0.29, 0.717) is 0 Å². The van der Waals surface area contributed by atoms with Crippen LogP contribution in [0.25, 0.3) is 0 Å². The van der Waals surface area contributed by atoms with Gasteiger partial charge in [-0.2, -0.15) is 4.40 Å².